The first kappa shape index (κ1) is 16.7. The normalized spacial score (nSPS) is 20.9. The third kappa shape index (κ3) is 3.42. The van der Waals surface area contributed by atoms with E-state index in [0.717, 1.165) is 37.1 Å². The van der Waals surface area contributed by atoms with E-state index in [1.54, 1.807) is 19.2 Å². The summed E-state index contributed by atoms with van der Waals surface area (Å²) in [7, 11) is 0.243. The average molecular weight is 331 g/mol. The Balaban J connectivity index is 2.33. The van der Waals surface area contributed by atoms with Gasteiger partial charge in [-0.1, -0.05) is 12.1 Å². The second kappa shape index (κ2) is 6.65. The Morgan fingerprint density at radius 3 is 2.76 bits per heavy atom. The van der Waals surface area contributed by atoms with E-state index >= 15 is 0 Å². The molecule has 1 saturated heterocycles. The highest BCUT2D eigenvalue weighted by Gasteiger charge is 2.31. The van der Waals surface area contributed by atoms with Crippen LogP contribution < -0.4 is 0 Å². The maximum atomic E-state index is 12.9. The quantitative estimate of drug-likeness (QED) is 0.796. The molecule has 21 heavy (non-hydrogen) atoms. The van der Waals surface area contributed by atoms with Gasteiger partial charge in [-0.3, -0.25) is 0 Å². The molecule has 1 aliphatic heterocycles. The van der Waals surface area contributed by atoms with E-state index in [4.69, 9.17) is 11.6 Å². The molecule has 1 fully saturated rings. The topological polar surface area (TPSA) is 40.6 Å². The molecule has 1 heterocycles. The third-order valence-corrected chi connectivity index (χ3v) is 6.65. The predicted octanol–water partition coefficient (Wildman–Crippen LogP) is 2.45. The lowest BCUT2D eigenvalue weighted by atomic mass is 10.1. The number of nitrogens with zero attached hydrogens (tertiary/aromatic N) is 2. The van der Waals surface area contributed by atoms with Gasteiger partial charge in [0.1, 0.15) is 0 Å². The van der Waals surface area contributed by atoms with E-state index < -0.39 is 10.0 Å². The Labute approximate surface area is 132 Å². The SMILES string of the molecule is Cc1c(CCl)cccc1S(=O)(=O)N(C)C1CCCN(C)C1. The standard InChI is InChI=1S/C15H23ClN2O2S/c1-12-13(10-16)6-4-8-15(12)21(19,20)18(3)14-7-5-9-17(2)11-14/h4,6,8,14H,5,7,9-11H2,1-3H3. The first-order valence-electron chi connectivity index (χ1n) is 7.19. The molecule has 0 N–H and O–H groups in total. The van der Waals surface area contributed by atoms with Gasteiger partial charge in [0, 0.05) is 25.5 Å². The fourth-order valence-electron chi connectivity index (χ4n) is 2.87. The van der Waals surface area contributed by atoms with Gasteiger partial charge < -0.3 is 4.90 Å². The van der Waals surface area contributed by atoms with E-state index in [1.807, 2.05) is 20.0 Å². The number of benzene rings is 1. The number of likely N-dealkylation sites (tertiary alicyclic amines) is 1. The molecule has 1 aromatic carbocycles. The molecule has 0 bridgehead atoms. The van der Waals surface area contributed by atoms with Gasteiger partial charge in [-0.05, 0) is 50.6 Å². The lowest BCUT2D eigenvalue weighted by Gasteiger charge is -2.35. The predicted molar refractivity (Wildman–Crippen MR) is 86.2 cm³/mol. The van der Waals surface area contributed by atoms with Crippen molar-refractivity contribution < 1.29 is 8.42 Å². The van der Waals surface area contributed by atoms with Crippen LogP contribution in [0.1, 0.15) is 24.0 Å². The van der Waals surface area contributed by atoms with Gasteiger partial charge in [0.25, 0.3) is 0 Å². The van der Waals surface area contributed by atoms with Crippen molar-refractivity contribution in [3.63, 3.8) is 0 Å². The van der Waals surface area contributed by atoms with E-state index in [2.05, 4.69) is 4.90 Å². The molecule has 1 unspecified atom stereocenters. The van der Waals surface area contributed by atoms with E-state index in [-0.39, 0.29) is 6.04 Å². The molecule has 0 radical (unpaired) electrons. The summed E-state index contributed by atoms with van der Waals surface area (Å²) in [5.74, 6) is 0.324. The van der Waals surface area contributed by atoms with E-state index in [0.29, 0.717) is 10.8 Å². The molecule has 0 saturated carbocycles. The van der Waals surface area contributed by atoms with Gasteiger partial charge in [0.05, 0.1) is 4.90 Å². The van der Waals surface area contributed by atoms with Gasteiger partial charge in [0.2, 0.25) is 10.0 Å². The van der Waals surface area contributed by atoms with Crippen LogP contribution >= 0.6 is 11.6 Å². The highest BCUT2D eigenvalue weighted by molar-refractivity contribution is 7.89. The summed E-state index contributed by atoms with van der Waals surface area (Å²) >= 11 is 5.89. The monoisotopic (exact) mass is 330 g/mol. The van der Waals surface area contributed by atoms with Crippen molar-refractivity contribution in [1.82, 2.24) is 9.21 Å². The highest BCUT2D eigenvalue weighted by atomic mass is 35.5. The molecule has 118 valence electrons. The lowest BCUT2D eigenvalue weighted by Crippen LogP contribution is -2.47. The van der Waals surface area contributed by atoms with E-state index in [1.165, 1.54) is 4.31 Å². The van der Waals surface area contributed by atoms with Crippen molar-refractivity contribution in [3.8, 4) is 0 Å². The van der Waals surface area contributed by atoms with E-state index in [9.17, 15) is 8.42 Å². The number of sulfonamides is 1. The molecule has 0 aromatic heterocycles. The van der Waals surface area contributed by atoms with Crippen LogP contribution in [0.25, 0.3) is 0 Å². The van der Waals surface area contributed by atoms with Gasteiger partial charge in [0.15, 0.2) is 0 Å². The molecule has 0 spiro atoms. The molecule has 6 heteroatoms. The summed E-state index contributed by atoms with van der Waals surface area (Å²) in [6, 6.07) is 5.34. The zero-order valence-electron chi connectivity index (χ0n) is 12.8. The Bertz CT molecular complexity index is 604. The summed E-state index contributed by atoms with van der Waals surface area (Å²) in [5, 5.41) is 0. The summed E-state index contributed by atoms with van der Waals surface area (Å²) in [6.07, 6.45) is 1.94. The molecule has 2 rings (SSSR count). The van der Waals surface area contributed by atoms with Crippen LogP contribution in [-0.2, 0) is 15.9 Å². The zero-order chi connectivity index (χ0) is 15.6. The summed E-state index contributed by atoms with van der Waals surface area (Å²) in [6.45, 7) is 3.64. The van der Waals surface area contributed by atoms with Crippen LogP contribution in [0.3, 0.4) is 0 Å². The first-order chi connectivity index (χ1) is 9.87. The largest absolute Gasteiger partial charge is 0.305 e. The highest BCUT2D eigenvalue weighted by Crippen LogP contribution is 2.26. The maximum absolute atomic E-state index is 12.9. The minimum absolute atomic E-state index is 0.0350. The van der Waals surface area contributed by atoms with Gasteiger partial charge >= 0.3 is 0 Å². The number of alkyl halides is 1. The van der Waals surface area contributed by atoms with Crippen LogP contribution in [0, 0.1) is 6.92 Å². The average Bonchev–Trinajstić information content (AvgIpc) is 2.46. The van der Waals surface area contributed by atoms with Crippen LogP contribution in [-0.4, -0.2) is 50.8 Å². The maximum Gasteiger partial charge on any atom is 0.243 e. The lowest BCUT2D eigenvalue weighted by molar-refractivity contribution is 0.187. The number of rotatable bonds is 4. The smallest absolute Gasteiger partial charge is 0.243 e. The minimum atomic E-state index is -3.48. The number of hydrogen-bond acceptors (Lipinski definition) is 3. The minimum Gasteiger partial charge on any atom is -0.305 e. The summed E-state index contributed by atoms with van der Waals surface area (Å²) in [5.41, 5.74) is 1.62. The molecule has 0 amide bonds. The Kier molecular flexibility index (Phi) is 5.30. The molecule has 0 aliphatic carbocycles. The van der Waals surface area contributed by atoms with Gasteiger partial charge in [-0.15, -0.1) is 11.6 Å². The van der Waals surface area contributed by atoms with Crippen molar-refractivity contribution in [2.75, 3.05) is 27.2 Å². The van der Waals surface area contributed by atoms with Gasteiger partial charge in [-0.2, -0.15) is 4.31 Å². The Morgan fingerprint density at radius 1 is 1.43 bits per heavy atom. The van der Waals surface area contributed by atoms with Crippen molar-refractivity contribution in [1.29, 1.82) is 0 Å². The van der Waals surface area contributed by atoms with Crippen LogP contribution in [0.15, 0.2) is 23.1 Å². The fraction of sp³-hybridized carbons (Fsp3) is 0.600. The fourth-order valence-corrected chi connectivity index (χ4v) is 4.80. The van der Waals surface area contributed by atoms with Crippen molar-refractivity contribution in [2.24, 2.45) is 0 Å². The van der Waals surface area contributed by atoms with Crippen LogP contribution in [0.2, 0.25) is 0 Å². The molecule has 4 nitrogen and oxygen atoms in total. The summed E-state index contributed by atoms with van der Waals surface area (Å²) in [4.78, 5) is 2.55. The van der Waals surface area contributed by atoms with Crippen molar-refractivity contribution in [2.45, 2.75) is 36.6 Å². The Hall–Kier alpha value is -0.620. The second-order valence-corrected chi connectivity index (χ2v) is 7.99. The zero-order valence-corrected chi connectivity index (χ0v) is 14.4. The van der Waals surface area contributed by atoms with Gasteiger partial charge in [-0.25, -0.2) is 8.42 Å². The second-order valence-electron chi connectivity index (χ2n) is 5.75. The first-order valence-corrected chi connectivity index (χ1v) is 9.16. The molecule has 1 atom stereocenters. The Morgan fingerprint density at radius 2 is 2.14 bits per heavy atom. The molecule has 1 aromatic rings. The number of likely N-dealkylation sites (N-methyl/N-ethyl adjacent to an activating group) is 2. The van der Waals surface area contributed by atoms with Crippen molar-refractivity contribution >= 4 is 21.6 Å². The summed E-state index contributed by atoms with van der Waals surface area (Å²) < 4.78 is 27.3. The molecule has 1 aliphatic rings. The molecular formula is C15H23ClN2O2S. The van der Waals surface area contributed by atoms with Crippen LogP contribution in [0.5, 0.6) is 0 Å². The number of halogens is 1. The third-order valence-electron chi connectivity index (χ3n) is 4.31. The molecular weight excluding hydrogens is 308 g/mol. The van der Waals surface area contributed by atoms with Crippen molar-refractivity contribution in [3.05, 3.63) is 29.3 Å². The number of hydrogen-bond donors (Lipinski definition) is 0. The van der Waals surface area contributed by atoms with Crippen LogP contribution in [0.4, 0.5) is 0 Å². The number of piperidine rings is 1.